The predicted octanol–water partition coefficient (Wildman–Crippen LogP) is 5.75. The number of fused-ring (bicyclic) bond motifs is 3. The molecule has 5 rings (SSSR count). The van der Waals surface area contributed by atoms with Crippen LogP contribution in [0, 0.1) is 0 Å². The Morgan fingerprint density at radius 2 is 1.33 bits per heavy atom. The topological polar surface area (TPSA) is 29.6 Å². The second kappa shape index (κ2) is 10.8. The number of rotatable bonds is 10. The zero-order valence-corrected chi connectivity index (χ0v) is 20.6. The summed E-state index contributed by atoms with van der Waals surface area (Å²) in [6.07, 6.45) is 3.29. The Morgan fingerprint density at radius 3 is 2.00 bits per heavy atom. The van der Waals surface area contributed by atoms with Crippen LogP contribution in [0.3, 0.4) is 0 Å². The van der Waals surface area contributed by atoms with Crippen LogP contribution in [-0.2, 0) is 6.54 Å². The van der Waals surface area contributed by atoms with Gasteiger partial charge in [0.1, 0.15) is 12.6 Å². The van der Waals surface area contributed by atoms with Gasteiger partial charge in [0.2, 0.25) is 0 Å². The van der Waals surface area contributed by atoms with Gasteiger partial charge in [0.05, 0.1) is 30.8 Å². The molecular formula is C33H33N2O+. The highest BCUT2D eigenvalue weighted by molar-refractivity contribution is 6.15. The normalized spacial score (nSPS) is 12.3. The maximum absolute atomic E-state index is 11.4. The van der Waals surface area contributed by atoms with Crippen LogP contribution in [0.2, 0.25) is 0 Å². The lowest BCUT2D eigenvalue weighted by Crippen LogP contribution is -3.12. The number of nitrogens with zero attached hydrogens (tertiary/aromatic N) is 1. The van der Waals surface area contributed by atoms with Crippen LogP contribution in [-0.4, -0.2) is 35.4 Å². The summed E-state index contributed by atoms with van der Waals surface area (Å²) in [5.74, 6) is 0. The highest BCUT2D eigenvalue weighted by Gasteiger charge is 2.24. The van der Waals surface area contributed by atoms with Crippen LogP contribution in [0.4, 0.5) is 0 Å². The van der Waals surface area contributed by atoms with Gasteiger partial charge in [0.25, 0.3) is 0 Å². The molecule has 180 valence electrons. The van der Waals surface area contributed by atoms with Crippen LogP contribution in [0.5, 0.6) is 0 Å². The van der Waals surface area contributed by atoms with E-state index >= 15 is 0 Å². The number of hydrogen-bond acceptors (Lipinski definition) is 1. The van der Waals surface area contributed by atoms with Crippen molar-refractivity contribution < 1.29 is 10.0 Å². The number of nitrogens with one attached hydrogen (secondary N) is 1. The summed E-state index contributed by atoms with van der Waals surface area (Å²) in [6, 6.07) is 34.1. The van der Waals surface area contributed by atoms with Crippen LogP contribution in [0.25, 0.3) is 44.1 Å². The zero-order valence-electron chi connectivity index (χ0n) is 20.6. The molecule has 0 bridgehead atoms. The van der Waals surface area contributed by atoms with E-state index in [1.807, 2.05) is 12.2 Å². The Kier molecular flexibility index (Phi) is 7.13. The Hall–Kier alpha value is -3.92. The third-order valence-corrected chi connectivity index (χ3v) is 6.84. The zero-order chi connectivity index (χ0) is 24.9. The Balaban J connectivity index is 1.77. The van der Waals surface area contributed by atoms with Gasteiger partial charge in [0, 0.05) is 16.3 Å². The molecule has 0 fully saturated rings. The summed E-state index contributed by atoms with van der Waals surface area (Å²) in [5, 5.41) is 15.0. The van der Waals surface area contributed by atoms with Crippen LogP contribution in [0.15, 0.2) is 122 Å². The lowest BCUT2D eigenvalue weighted by atomic mass is 9.97. The summed E-state index contributed by atoms with van der Waals surface area (Å²) in [4.78, 5) is 1.25. The maximum atomic E-state index is 11.4. The minimum Gasteiger partial charge on any atom is -0.385 e. The van der Waals surface area contributed by atoms with Gasteiger partial charge in [0.15, 0.2) is 0 Å². The molecule has 0 aliphatic heterocycles. The predicted molar refractivity (Wildman–Crippen MR) is 152 cm³/mol. The van der Waals surface area contributed by atoms with Crippen LogP contribution >= 0.6 is 0 Å². The van der Waals surface area contributed by atoms with Crippen molar-refractivity contribution in [3.63, 3.8) is 0 Å². The van der Waals surface area contributed by atoms with E-state index in [2.05, 4.69) is 115 Å². The van der Waals surface area contributed by atoms with Crippen molar-refractivity contribution in [1.82, 2.24) is 4.57 Å². The monoisotopic (exact) mass is 473 g/mol. The molecule has 1 atom stereocenters. The smallest absolute Gasteiger partial charge is 0.121 e. The molecule has 1 aromatic heterocycles. The highest BCUT2D eigenvalue weighted by atomic mass is 16.3. The van der Waals surface area contributed by atoms with Crippen molar-refractivity contribution >= 4 is 21.7 Å². The van der Waals surface area contributed by atoms with Gasteiger partial charge < -0.3 is 14.6 Å². The van der Waals surface area contributed by atoms with Gasteiger partial charge in [-0.3, -0.25) is 0 Å². The van der Waals surface area contributed by atoms with Crippen LogP contribution in [0.1, 0.15) is 0 Å². The molecule has 0 aliphatic carbocycles. The van der Waals surface area contributed by atoms with Gasteiger partial charge in [-0.05, 0) is 28.7 Å². The molecule has 5 aromatic rings. The van der Waals surface area contributed by atoms with E-state index in [4.69, 9.17) is 0 Å². The third kappa shape index (κ3) is 4.64. The van der Waals surface area contributed by atoms with Crippen molar-refractivity contribution in [3.05, 3.63) is 122 Å². The molecule has 0 amide bonds. The average molecular weight is 474 g/mol. The quantitative estimate of drug-likeness (QED) is 0.249. The van der Waals surface area contributed by atoms with E-state index in [0.717, 1.165) is 24.3 Å². The second-order valence-corrected chi connectivity index (χ2v) is 9.34. The second-order valence-electron chi connectivity index (χ2n) is 9.34. The molecule has 3 heteroatoms. The molecule has 36 heavy (non-hydrogen) atoms. The highest BCUT2D eigenvalue weighted by Crippen LogP contribution is 2.43. The maximum Gasteiger partial charge on any atom is 0.121 e. The molecule has 4 aromatic carbocycles. The molecule has 0 saturated heterocycles. The summed E-state index contributed by atoms with van der Waals surface area (Å²) in [7, 11) is 0. The van der Waals surface area contributed by atoms with E-state index in [9.17, 15) is 5.11 Å². The molecule has 3 nitrogen and oxygen atoms in total. The molecule has 0 unspecified atom stereocenters. The average Bonchev–Trinajstić information content (AvgIpc) is 3.24. The minimum absolute atomic E-state index is 0.499. The molecule has 0 spiro atoms. The molecule has 0 aliphatic rings. The van der Waals surface area contributed by atoms with E-state index < -0.39 is 6.10 Å². The first kappa shape index (κ1) is 23.8. The summed E-state index contributed by atoms with van der Waals surface area (Å²) < 4.78 is 2.35. The van der Waals surface area contributed by atoms with Gasteiger partial charge in [-0.1, -0.05) is 110 Å². The number of quaternary nitrogens is 1. The lowest BCUT2D eigenvalue weighted by molar-refractivity contribution is -0.891. The van der Waals surface area contributed by atoms with Gasteiger partial charge in [-0.2, -0.15) is 0 Å². The van der Waals surface area contributed by atoms with Crippen molar-refractivity contribution in [2.24, 2.45) is 0 Å². The lowest BCUT2D eigenvalue weighted by Gasteiger charge is -2.22. The first-order chi connectivity index (χ1) is 17.7. The summed E-state index contributed by atoms with van der Waals surface area (Å²) in [6.45, 7) is 10.5. The number of aliphatic hydroxyl groups excluding tert-OH is 1. The Labute approximate surface area is 213 Å². The summed E-state index contributed by atoms with van der Waals surface area (Å²) in [5.41, 5.74) is 5.83. The van der Waals surface area contributed by atoms with Crippen molar-refractivity contribution in [3.8, 4) is 22.4 Å². The minimum atomic E-state index is -0.527. The molecule has 1 heterocycles. The van der Waals surface area contributed by atoms with E-state index in [1.54, 1.807) is 0 Å². The van der Waals surface area contributed by atoms with E-state index in [1.165, 1.54) is 37.7 Å². The fraction of sp³-hybridized carbons (Fsp3) is 0.152. The van der Waals surface area contributed by atoms with Gasteiger partial charge >= 0.3 is 0 Å². The van der Waals surface area contributed by atoms with Gasteiger partial charge in [-0.25, -0.2) is 0 Å². The van der Waals surface area contributed by atoms with Crippen molar-refractivity contribution in [2.75, 3.05) is 19.6 Å². The van der Waals surface area contributed by atoms with E-state index in [-0.39, 0.29) is 0 Å². The first-order valence-corrected chi connectivity index (χ1v) is 12.6. The third-order valence-electron chi connectivity index (χ3n) is 6.84. The molecule has 0 saturated carbocycles. The van der Waals surface area contributed by atoms with Gasteiger partial charge in [-0.15, -0.1) is 0 Å². The largest absolute Gasteiger partial charge is 0.385 e. The Bertz CT molecular complexity index is 1470. The van der Waals surface area contributed by atoms with Crippen molar-refractivity contribution in [1.29, 1.82) is 0 Å². The number of aromatic nitrogens is 1. The SMILES string of the molecule is C=CC[NH+](CC=C)C[C@@H](O)Cn1c(-c2ccccc2)c(-c2ccccc2)c2ccc3ccccc3c21. The van der Waals surface area contributed by atoms with Crippen molar-refractivity contribution in [2.45, 2.75) is 12.6 Å². The molecule has 2 N–H and O–H groups in total. The molecule has 0 radical (unpaired) electrons. The molecular weight excluding hydrogens is 440 g/mol. The van der Waals surface area contributed by atoms with E-state index in [0.29, 0.717) is 13.1 Å². The fourth-order valence-corrected chi connectivity index (χ4v) is 5.36. The summed E-state index contributed by atoms with van der Waals surface area (Å²) >= 11 is 0. The number of aliphatic hydroxyl groups is 1. The van der Waals surface area contributed by atoms with Crippen LogP contribution < -0.4 is 4.90 Å². The Morgan fingerprint density at radius 1 is 0.722 bits per heavy atom. The standard InChI is InChI=1S/C33H32N2O/c1-3-21-34(22-4-2)23-28(36)24-35-32(27-16-9-6-10-17-27)31(26-14-7-5-8-15-26)30-20-19-25-13-11-12-18-29(25)33(30)35/h3-20,28,36H,1-2,21-24H2/p+1/t28-/m1/s1. The number of benzene rings is 4. The first-order valence-electron chi connectivity index (χ1n) is 12.6. The number of hydrogen-bond donors (Lipinski definition) is 2. The fourth-order valence-electron chi connectivity index (χ4n) is 5.36.